The van der Waals surface area contributed by atoms with Crippen LogP contribution in [0, 0.1) is 0 Å². The fourth-order valence-corrected chi connectivity index (χ4v) is 1.02. The van der Waals surface area contributed by atoms with Crippen molar-refractivity contribution in [3.63, 3.8) is 0 Å². The van der Waals surface area contributed by atoms with Crippen LogP contribution in [0.1, 0.15) is 6.92 Å². The lowest BCUT2D eigenvalue weighted by Gasteiger charge is -2.44. The third-order valence-electron chi connectivity index (χ3n) is 1.72. The molecule has 1 rings (SSSR count). The van der Waals surface area contributed by atoms with Gasteiger partial charge < -0.3 is 9.64 Å². The van der Waals surface area contributed by atoms with Gasteiger partial charge in [-0.3, -0.25) is 4.79 Å². The number of ether oxygens (including phenoxy) is 1. The number of carbonyl (C=O) groups excluding carboxylic acids is 1. The van der Waals surface area contributed by atoms with Gasteiger partial charge >= 0.3 is 0 Å². The molecule has 52 valence electrons. The van der Waals surface area contributed by atoms with Crippen molar-refractivity contribution in [2.45, 2.75) is 12.5 Å². The van der Waals surface area contributed by atoms with Crippen molar-refractivity contribution < 1.29 is 9.53 Å². The Labute approximate surface area is 54.6 Å². The van der Waals surface area contributed by atoms with E-state index in [1.807, 2.05) is 6.92 Å². The lowest BCUT2D eigenvalue weighted by molar-refractivity contribution is -0.144. The van der Waals surface area contributed by atoms with E-state index >= 15 is 0 Å². The van der Waals surface area contributed by atoms with E-state index < -0.39 is 0 Å². The first-order valence-corrected chi connectivity index (χ1v) is 2.95. The van der Waals surface area contributed by atoms with E-state index in [0.717, 1.165) is 19.5 Å². The summed E-state index contributed by atoms with van der Waals surface area (Å²) >= 11 is 0. The van der Waals surface area contributed by atoms with E-state index in [2.05, 4.69) is 0 Å². The molecule has 3 heteroatoms. The number of likely N-dealkylation sites (tertiary alicyclic amines) is 1. The Morgan fingerprint density at radius 1 is 1.67 bits per heavy atom. The Balaban J connectivity index is 2.32. The maximum atomic E-state index is 10.1. The first-order chi connectivity index (χ1) is 4.20. The summed E-state index contributed by atoms with van der Waals surface area (Å²) in [5, 5.41) is 0. The smallest absolute Gasteiger partial charge is 0.209 e. The van der Waals surface area contributed by atoms with E-state index in [0.29, 0.717) is 0 Å². The first-order valence-electron chi connectivity index (χ1n) is 2.95. The highest BCUT2D eigenvalue weighted by Crippen LogP contribution is 2.21. The second-order valence-electron chi connectivity index (χ2n) is 2.66. The van der Waals surface area contributed by atoms with Crippen molar-refractivity contribution in [3.8, 4) is 0 Å². The average molecular weight is 129 g/mol. The highest BCUT2D eigenvalue weighted by Gasteiger charge is 2.37. The van der Waals surface area contributed by atoms with Crippen LogP contribution in [0.4, 0.5) is 0 Å². The van der Waals surface area contributed by atoms with Crippen LogP contribution in [0.2, 0.25) is 0 Å². The van der Waals surface area contributed by atoms with Crippen molar-refractivity contribution in [3.05, 3.63) is 0 Å². The van der Waals surface area contributed by atoms with Gasteiger partial charge in [0.15, 0.2) is 0 Å². The summed E-state index contributed by atoms with van der Waals surface area (Å²) < 4.78 is 5.11. The average Bonchev–Trinajstić information content (AvgIpc) is 1.81. The number of rotatable bonds is 2. The molecule has 0 N–H and O–H groups in total. The highest BCUT2D eigenvalue weighted by atomic mass is 16.5. The third-order valence-corrected chi connectivity index (χ3v) is 1.72. The fourth-order valence-electron chi connectivity index (χ4n) is 1.02. The van der Waals surface area contributed by atoms with Crippen LogP contribution in [0.3, 0.4) is 0 Å². The van der Waals surface area contributed by atoms with Gasteiger partial charge in [-0.25, -0.2) is 0 Å². The molecular formula is C6H11NO2. The van der Waals surface area contributed by atoms with Gasteiger partial charge in [0.05, 0.1) is 18.7 Å². The molecule has 1 saturated heterocycles. The van der Waals surface area contributed by atoms with Crippen LogP contribution in [-0.4, -0.2) is 37.1 Å². The standard InChI is InChI=1S/C6H11NO2/c1-6(9-2)3-7(4-6)5-8/h5H,3-4H2,1-2H3. The van der Waals surface area contributed by atoms with Crippen molar-refractivity contribution >= 4 is 6.41 Å². The van der Waals surface area contributed by atoms with E-state index in [9.17, 15) is 4.79 Å². The van der Waals surface area contributed by atoms with E-state index in [4.69, 9.17) is 4.74 Å². The van der Waals surface area contributed by atoms with Crippen molar-refractivity contribution in [2.75, 3.05) is 20.2 Å². The Morgan fingerprint density at radius 2 is 2.22 bits per heavy atom. The quantitative estimate of drug-likeness (QED) is 0.486. The minimum absolute atomic E-state index is 0.0685. The molecule has 0 aromatic heterocycles. The summed E-state index contributed by atoms with van der Waals surface area (Å²) in [5.74, 6) is 0. The predicted molar refractivity (Wildman–Crippen MR) is 33.1 cm³/mol. The van der Waals surface area contributed by atoms with Crippen LogP contribution in [0.25, 0.3) is 0 Å². The molecule has 0 bridgehead atoms. The fraction of sp³-hybridized carbons (Fsp3) is 0.833. The lowest BCUT2D eigenvalue weighted by atomic mass is 9.98. The Bertz CT molecular complexity index is 118. The predicted octanol–water partition coefficient (Wildman–Crippen LogP) is -0.137. The van der Waals surface area contributed by atoms with Crippen LogP contribution < -0.4 is 0 Å². The zero-order valence-corrected chi connectivity index (χ0v) is 5.76. The second kappa shape index (κ2) is 1.99. The molecule has 0 aliphatic carbocycles. The molecule has 1 amide bonds. The summed E-state index contributed by atoms with van der Waals surface area (Å²) in [6.07, 6.45) is 0.848. The van der Waals surface area contributed by atoms with Gasteiger partial charge in [-0.1, -0.05) is 0 Å². The highest BCUT2D eigenvalue weighted by molar-refractivity contribution is 5.49. The number of amides is 1. The molecule has 1 heterocycles. The summed E-state index contributed by atoms with van der Waals surface area (Å²) in [6.45, 7) is 3.45. The van der Waals surface area contributed by atoms with Gasteiger partial charge in [-0.2, -0.15) is 0 Å². The molecule has 1 aliphatic rings. The number of methoxy groups -OCH3 is 1. The Kier molecular flexibility index (Phi) is 1.45. The first kappa shape index (κ1) is 6.55. The van der Waals surface area contributed by atoms with Crippen LogP contribution in [0.5, 0.6) is 0 Å². The molecular weight excluding hydrogens is 118 g/mol. The van der Waals surface area contributed by atoms with E-state index in [-0.39, 0.29) is 5.60 Å². The van der Waals surface area contributed by atoms with Crippen molar-refractivity contribution in [1.82, 2.24) is 4.90 Å². The molecule has 0 atom stereocenters. The van der Waals surface area contributed by atoms with Crippen molar-refractivity contribution in [1.29, 1.82) is 0 Å². The molecule has 0 saturated carbocycles. The van der Waals surface area contributed by atoms with Crippen LogP contribution >= 0.6 is 0 Å². The Hall–Kier alpha value is -0.570. The van der Waals surface area contributed by atoms with Gasteiger partial charge in [0.2, 0.25) is 6.41 Å². The number of carbonyl (C=O) groups is 1. The molecule has 3 nitrogen and oxygen atoms in total. The SMILES string of the molecule is COC1(C)CN(C=O)C1. The second-order valence-corrected chi connectivity index (χ2v) is 2.66. The molecule has 0 aromatic rings. The van der Waals surface area contributed by atoms with E-state index in [1.165, 1.54) is 0 Å². The molecule has 0 radical (unpaired) electrons. The molecule has 0 unspecified atom stereocenters. The molecule has 1 aliphatic heterocycles. The molecule has 9 heavy (non-hydrogen) atoms. The molecule has 1 fully saturated rings. The van der Waals surface area contributed by atoms with Gasteiger partial charge in [0.25, 0.3) is 0 Å². The van der Waals surface area contributed by atoms with Crippen molar-refractivity contribution in [2.24, 2.45) is 0 Å². The lowest BCUT2D eigenvalue weighted by Crippen LogP contribution is -2.60. The summed E-state index contributed by atoms with van der Waals surface area (Å²) in [4.78, 5) is 11.7. The van der Waals surface area contributed by atoms with Gasteiger partial charge in [0, 0.05) is 7.11 Å². The number of hydrogen-bond acceptors (Lipinski definition) is 2. The van der Waals surface area contributed by atoms with Gasteiger partial charge in [-0.05, 0) is 6.92 Å². The normalized spacial score (nSPS) is 23.1. The maximum Gasteiger partial charge on any atom is 0.209 e. The zero-order chi connectivity index (χ0) is 6.91. The zero-order valence-electron chi connectivity index (χ0n) is 5.76. The number of hydrogen-bond donors (Lipinski definition) is 0. The van der Waals surface area contributed by atoms with Crippen LogP contribution in [-0.2, 0) is 9.53 Å². The third kappa shape index (κ3) is 1.05. The largest absolute Gasteiger partial charge is 0.375 e. The van der Waals surface area contributed by atoms with Crippen LogP contribution in [0.15, 0.2) is 0 Å². The van der Waals surface area contributed by atoms with Gasteiger partial charge in [0.1, 0.15) is 0 Å². The number of nitrogens with zero attached hydrogens (tertiary/aromatic N) is 1. The summed E-state index contributed by atoms with van der Waals surface area (Å²) in [6, 6.07) is 0. The summed E-state index contributed by atoms with van der Waals surface area (Å²) in [7, 11) is 1.67. The minimum Gasteiger partial charge on any atom is -0.375 e. The minimum atomic E-state index is -0.0685. The maximum absolute atomic E-state index is 10.1. The topological polar surface area (TPSA) is 29.5 Å². The Morgan fingerprint density at radius 3 is 2.56 bits per heavy atom. The van der Waals surface area contributed by atoms with Gasteiger partial charge in [-0.15, -0.1) is 0 Å². The monoisotopic (exact) mass is 129 g/mol. The van der Waals surface area contributed by atoms with E-state index in [1.54, 1.807) is 12.0 Å². The summed E-state index contributed by atoms with van der Waals surface area (Å²) in [5.41, 5.74) is -0.0685. The molecule has 0 aromatic carbocycles. The molecule has 0 spiro atoms.